The Labute approximate surface area is 128 Å². The van der Waals surface area contributed by atoms with Crippen molar-refractivity contribution < 1.29 is 13.9 Å². The standard InChI is InChI=1S/C15H17ClN2O3/c1-18(15(19)11-8-14(9-17)21-10-11)6-7-20-13-4-2-12(16)3-5-13/h2-5,8,10H,6-7,9,17H2,1H3. The third-order valence-electron chi connectivity index (χ3n) is 2.96. The van der Waals surface area contributed by atoms with Crippen LogP contribution in [0, 0.1) is 0 Å². The summed E-state index contributed by atoms with van der Waals surface area (Å²) >= 11 is 5.79. The van der Waals surface area contributed by atoms with Gasteiger partial charge >= 0.3 is 0 Å². The van der Waals surface area contributed by atoms with Crippen molar-refractivity contribution in [3.05, 3.63) is 52.9 Å². The first-order valence-corrected chi connectivity index (χ1v) is 6.89. The topological polar surface area (TPSA) is 68.7 Å². The average Bonchev–Trinajstić information content (AvgIpc) is 2.97. The maximum absolute atomic E-state index is 12.1. The minimum Gasteiger partial charge on any atom is -0.492 e. The van der Waals surface area contributed by atoms with Crippen molar-refractivity contribution in [2.24, 2.45) is 5.73 Å². The first-order chi connectivity index (χ1) is 10.1. The van der Waals surface area contributed by atoms with Gasteiger partial charge in [0.15, 0.2) is 0 Å². The van der Waals surface area contributed by atoms with E-state index in [0.29, 0.717) is 35.2 Å². The summed E-state index contributed by atoms with van der Waals surface area (Å²) in [6.07, 6.45) is 1.42. The van der Waals surface area contributed by atoms with Gasteiger partial charge in [0.1, 0.15) is 24.4 Å². The van der Waals surface area contributed by atoms with Crippen LogP contribution in [0.3, 0.4) is 0 Å². The molecule has 1 aromatic heterocycles. The Morgan fingerprint density at radius 1 is 1.38 bits per heavy atom. The molecule has 2 aromatic rings. The van der Waals surface area contributed by atoms with Crippen LogP contribution < -0.4 is 10.5 Å². The maximum Gasteiger partial charge on any atom is 0.256 e. The maximum atomic E-state index is 12.1. The van der Waals surface area contributed by atoms with Crippen molar-refractivity contribution in [3.63, 3.8) is 0 Å². The van der Waals surface area contributed by atoms with Crippen LogP contribution in [0.1, 0.15) is 16.1 Å². The van der Waals surface area contributed by atoms with Crippen molar-refractivity contribution in [3.8, 4) is 5.75 Å². The van der Waals surface area contributed by atoms with Gasteiger partial charge in [-0.3, -0.25) is 4.79 Å². The third kappa shape index (κ3) is 4.24. The Kier molecular flexibility index (Phi) is 5.25. The molecule has 0 saturated carbocycles. The molecule has 2 N–H and O–H groups in total. The zero-order valence-corrected chi connectivity index (χ0v) is 12.5. The fourth-order valence-electron chi connectivity index (χ4n) is 1.75. The van der Waals surface area contributed by atoms with Crippen LogP contribution >= 0.6 is 11.6 Å². The van der Waals surface area contributed by atoms with E-state index in [1.54, 1.807) is 42.3 Å². The number of rotatable bonds is 6. The highest BCUT2D eigenvalue weighted by atomic mass is 35.5. The van der Waals surface area contributed by atoms with E-state index >= 15 is 0 Å². The molecule has 0 aliphatic heterocycles. The quantitative estimate of drug-likeness (QED) is 0.890. The Morgan fingerprint density at radius 3 is 2.71 bits per heavy atom. The number of benzene rings is 1. The van der Waals surface area contributed by atoms with Gasteiger partial charge in [0.2, 0.25) is 0 Å². The second-order valence-corrected chi connectivity index (χ2v) is 4.97. The number of furan rings is 1. The SMILES string of the molecule is CN(CCOc1ccc(Cl)cc1)C(=O)c1coc(CN)c1. The lowest BCUT2D eigenvalue weighted by atomic mass is 10.2. The minimum atomic E-state index is -0.127. The highest BCUT2D eigenvalue weighted by Crippen LogP contribution is 2.15. The van der Waals surface area contributed by atoms with E-state index in [-0.39, 0.29) is 12.5 Å². The van der Waals surface area contributed by atoms with E-state index in [1.165, 1.54) is 6.26 Å². The Balaban J connectivity index is 1.82. The third-order valence-corrected chi connectivity index (χ3v) is 3.21. The van der Waals surface area contributed by atoms with Gasteiger partial charge in [0, 0.05) is 12.1 Å². The van der Waals surface area contributed by atoms with E-state index in [4.69, 9.17) is 26.5 Å². The van der Waals surface area contributed by atoms with Crippen LogP contribution in [0.4, 0.5) is 0 Å². The molecule has 112 valence electrons. The molecule has 1 heterocycles. The van der Waals surface area contributed by atoms with Crippen LogP contribution in [0.5, 0.6) is 5.75 Å². The summed E-state index contributed by atoms with van der Waals surface area (Å²) in [6, 6.07) is 8.73. The Hall–Kier alpha value is -1.98. The first-order valence-electron chi connectivity index (χ1n) is 6.51. The fraction of sp³-hybridized carbons (Fsp3) is 0.267. The van der Waals surface area contributed by atoms with Gasteiger partial charge in [-0.05, 0) is 30.3 Å². The molecule has 0 aliphatic carbocycles. The van der Waals surface area contributed by atoms with Gasteiger partial charge in [0.25, 0.3) is 5.91 Å². The highest BCUT2D eigenvalue weighted by Gasteiger charge is 2.14. The lowest BCUT2D eigenvalue weighted by Crippen LogP contribution is -2.30. The highest BCUT2D eigenvalue weighted by molar-refractivity contribution is 6.30. The second kappa shape index (κ2) is 7.15. The predicted octanol–water partition coefficient (Wildman–Crippen LogP) is 2.54. The Morgan fingerprint density at radius 2 is 2.10 bits per heavy atom. The summed E-state index contributed by atoms with van der Waals surface area (Å²) in [5.41, 5.74) is 5.94. The molecule has 0 bridgehead atoms. The number of ether oxygens (including phenoxy) is 1. The minimum absolute atomic E-state index is 0.127. The van der Waals surface area contributed by atoms with Gasteiger partial charge in [-0.1, -0.05) is 11.6 Å². The van der Waals surface area contributed by atoms with Gasteiger partial charge in [-0.2, -0.15) is 0 Å². The first kappa shape index (κ1) is 15.4. The van der Waals surface area contributed by atoms with Crippen molar-refractivity contribution in [2.75, 3.05) is 20.2 Å². The number of hydrogen-bond acceptors (Lipinski definition) is 4. The summed E-state index contributed by atoms with van der Waals surface area (Å²) in [5, 5.41) is 0.658. The van der Waals surface area contributed by atoms with Gasteiger partial charge in [0.05, 0.1) is 18.7 Å². The predicted molar refractivity (Wildman–Crippen MR) is 80.5 cm³/mol. The Bertz CT molecular complexity index is 595. The monoisotopic (exact) mass is 308 g/mol. The number of nitrogens with two attached hydrogens (primary N) is 1. The molecule has 0 aliphatic rings. The van der Waals surface area contributed by atoms with E-state index in [1.807, 2.05) is 0 Å². The van der Waals surface area contributed by atoms with E-state index in [9.17, 15) is 4.79 Å². The zero-order valence-electron chi connectivity index (χ0n) is 11.7. The smallest absolute Gasteiger partial charge is 0.256 e. The molecule has 0 fully saturated rings. The largest absolute Gasteiger partial charge is 0.492 e. The van der Waals surface area contributed by atoms with E-state index in [0.717, 1.165) is 0 Å². The van der Waals surface area contributed by atoms with Crippen molar-refractivity contribution in [2.45, 2.75) is 6.54 Å². The molecule has 2 rings (SSSR count). The molecule has 6 heteroatoms. The normalized spacial score (nSPS) is 10.4. The average molecular weight is 309 g/mol. The summed E-state index contributed by atoms with van der Waals surface area (Å²) in [7, 11) is 1.71. The van der Waals surface area contributed by atoms with E-state index < -0.39 is 0 Å². The summed E-state index contributed by atoms with van der Waals surface area (Å²) in [5.74, 6) is 1.18. The summed E-state index contributed by atoms with van der Waals surface area (Å²) in [6.45, 7) is 1.13. The zero-order chi connectivity index (χ0) is 15.2. The number of hydrogen-bond donors (Lipinski definition) is 1. The van der Waals surface area contributed by atoms with Crippen LogP contribution in [0.25, 0.3) is 0 Å². The van der Waals surface area contributed by atoms with Gasteiger partial charge < -0.3 is 19.8 Å². The van der Waals surface area contributed by atoms with Crippen LogP contribution in [0.2, 0.25) is 5.02 Å². The number of halogens is 1. The van der Waals surface area contributed by atoms with Crippen LogP contribution in [-0.2, 0) is 6.54 Å². The summed E-state index contributed by atoms with van der Waals surface area (Å²) in [4.78, 5) is 13.7. The molecule has 0 spiro atoms. The van der Waals surface area contributed by atoms with Crippen LogP contribution in [0.15, 0.2) is 41.0 Å². The molecule has 0 radical (unpaired) electrons. The fourth-order valence-corrected chi connectivity index (χ4v) is 1.88. The molecule has 1 aromatic carbocycles. The molecule has 5 nitrogen and oxygen atoms in total. The van der Waals surface area contributed by atoms with Crippen molar-refractivity contribution >= 4 is 17.5 Å². The number of amides is 1. The number of carbonyl (C=O) groups excluding carboxylic acids is 1. The number of carbonyl (C=O) groups is 1. The lowest BCUT2D eigenvalue weighted by molar-refractivity contribution is 0.0773. The van der Waals surface area contributed by atoms with Crippen molar-refractivity contribution in [1.82, 2.24) is 4.90 Å². The second-order valence-electron chi connectivity index (χ2n) is 4.53. The lowest BCUT2D eigenvalue weighted by Gasteiger charge is -2.16. The number of nitrogens with zero attached hydrogens (tertiary/aromatic N) is 1. The van der Waals surface area contributed by atoms with Gasteiger partial charge in [-0.15, -0.1) is 0 Å². The van der Waals surface area contributed by atoms with Crippen molar-refractivity contribution in [1.29, 1.82) is 0 Å². The molecule has 1 amide bonds. The molecule has 21 heavy (non-hydrogen) atoms. The molecular weight excluding hydrogens is 292 g/mol. The molecule has 0 unspecified atom stereocenters. The van der Waals surface area contributed by atoms with Crippen LogP contribution in [-0.4, -0.2) is 31.0 Å². The molecular formula is C15H17ClN2O3. The molecule has 0 saturated heterocycles. The molecule has 0 atom stereocenters. The number of likely N-dealkylation sites (N-methyl/N-ethyl adjacent to an activating group) is 1. The summed E-state index contributed by atoms with van der Waals surface area (Å²) < 4.78 is 10.7. The van der Waals surface area contributed by atoms with Gasteiger partial charge in [-0.25, -0.2) is 0 Å². The van der Waals surface area contributed by atoms with E-state index in [2.05, 4.69) is 0 Å².